The van der Waals surface area contributed by atoms with Crippen molar-refractivity contribution < 1.29 is 18.0 Å². The first-order valence-electron chi connectivity index (χ1n) is 9.32. The third kappa shape index (κ3) is 6.32. The molecule has 0 radical (unpaired) electrons. The van der Waals surface area contributed by atoms with E-state index in [4.69, 9.17) is 0 Å². The van der Waals surface area contributed by atoms with Crippen LogP contribution in [0.25, 0.3) is 0 Å². The van der Waals surface area contributed by atoms with Crippen LogP contribution in [0, 0.1) is 6.92 Å². The molecule has 2 rings (SSSR count). The van der Waals surface area contributed by atoms with E-state index in [0.29, 0.717) is 32.4 Å². The molecular weight excluding hydrogens is 366 g/mol. The summed E-state index contributed by atoms with van der Waals surface area (Å²) in [7, 11) is -3.19. The van der Waals surface area contributed by atoms with Crippen LogP contribution < -0.4 is 10.6 Å². The second kappa shape index (κ2) is 9.32. The van der Waals surface area contributed by atoms with Crippen LogP contribution in [-0.4, -0.2) is 55.5 Å². The van der Waals surface area contributed by atoms with Crippen LogP contribution in [0.2, 0.25) is 0 Å². The first-order valence-corrected chi connectivity index (χ1v) is 10.9. The zero-order chi connectivity index (χ0) is 20.0. The van der Waals surface area contributed by atoms with Crippen LogP contribution in [0.1, 0.15) is 37.8 Å². The van der Waals surface area contributed by atoms with Crippen molar-refractivity contribution in [3.63, 3.8) is 0 Å². The van der Waals surface area contributed by atoms with Gasteiger partial charge in [-0.05, 0) is 32.3 Å². The summed E-state index contributed by atoms with van der Waals surface area (Å²) in [6, 6.07) is 7.11. The predicted molar refractivity (Wildman–Crippen MR) is 105 cm³/mol. The largest absolute Gasteiger partial charge is 0.351 e. The number of aryl methyl sites for hydroxylation is 1. The first-order chi connectivity index (χ1) is 12.7. The van der Waals surface area contributed by atoms with Crippen LogP contribution >= 0.6 is 0 Å². The van der Waals surface area contributed by atoms with Crippen molar-refractivity contribution in [2.45, 2.75) is 52.1 Å². The molecule has 1 aliphatic heterocycles. The minimum atomic E-state index is -3.19. The van der Waals surface area contributed by atoms with Crippen LogP contribution in [0.3, 0.4) is 0 Å². The molecule has 7 nitrogen and oxygen atoms in total. The Hall–Kier alpha value is -1.93. The molecule has 1 heterocycles. The van der Waals surface area contributed by atoms with E-state index in [1.165, 1.54) is 11.2 Å². The molecule has 0 aromatic heterocycles. The SMILES string of the molecule is CCS(=O)(=O)N1CCC(NC(=O)C(Cc2ccc(C)cc2)NC(C)=O)CC1. The van der Waals surface area contributed by atoms with E-state index in [9.17, 15) is 18.0 Å². The molecule has 1 aromatic carbocycles. The number of hydrogen-bond acceptors (Lipinski definition) is 4. The topological polar surface area (TPSA) is 95.6 Å². The molecular formula is C19H29N3O4S. The molecule has 8 heteroatoms. The van der Waals surface area contributed by atoms with Crippen LogP contribution in [-0.2, 0) is 26.0 Å². The molecule has 1 saturated heterocycles. The quantitative estimate of drug-likeness (QED) is 0.719. The molecule has 1 aliphatic rings. The molecule has 1 unspecified atom stereocenters. The highest BCUT2D eigenvalue weighted by molar-refractivity contribution is 7.89. The molecule has 150 valence electrons. The van der Waals surface area contributed by atoms with Gasteiger partial charge in [0.2, 0.25) is 21.8 Å². The van der Waals surface area contributed by atoms with Gasteiger partial charge in [-0.25, -0.2) is 12.7 Å². The van der Waals surface area contributed by atoms with Crippen molar-refractivity contribution in [1.29, 1.82) is 0 Å². The minimum Gasteiger partial charge on any atom is -0.351 e. The van der Waals surface area contributed by atoms with Gasteiger partial charge in [-0.1, -0.05) is 29.8 Å². The standard InChI is InChI=1S/C19H29N3O4S/c1-4-27(25,26)22-11-9-17(10-12-22)21-19(24)18(20-15(3)23)13-16-7-5-14(2)6-8-16/h5-8,17-18H,4,9-13H2,1-3H3,(H,20,23)(H,21,24). The number of nitrogens with one attached hydrogen (secondary N) is 2. The summed E-state index contributed by atoms with van der Waals surface area (Å²) in [5.41, 5.74) is 2.10. The van der Waals surface area contributed by atoms with Gasteiger partial charge in [0.05, 0.1) is 5.75 Å². The lowest BCUT2D eigenvalue weighted by Crippen LogP contribution is -2.53. The van der Waals surface area contributed by atoms with Crippen LogP contribution in [0.5, 0.6) is 0 Å². The van der Waals surface area contributed by atoms with E-state index >= 15 is 0 Å². The summed E-state index contributed by atoms with van der Waals surface area (Å²) in [6.45, 7) is 5.83. The fourth-order valence-corrected chi connectivity index (χ4v) is 4.31. The van der Waals surface area contributed by atoms with Gasteiger partial charge in [0, 0.05) is 32.5 Å². The molecule has 0 saturated carbocycles. The maximum absolute atomic E-state index is 12.7. The number of amides is 2. The number of rotatable bonds is 7. The summed E-state index contributed by atoms with van der Waals surface area (Å²) in [5, 5.41) is 5.69. The average Bonchev–Trinajstić information content (AvgIpc) is 2.63. The molecule has 2 N–H and O–H groups in total. The molecule has 2 amide bonds. The van der Waals surface area contributed by atoms with E-state index < -0.39 is 16.1 Å². The Morgan fingerprint density at radius 1 is 1.19 bits per heavy atom. The summed E-state index contributed by atoms with van der Waals surface area (Å²) >= 11 is 0. The molecule has 0 aliphatic carbocycles. The van der Waals surface area contributed by atoms with Gasteiger partial charge in [0.1, 0.15) is 6.04 Å². The molecule has 0 spiro atoms. The molecule has 27 heavy (non-hydrogen) atoms. The number of benzene rings is 1. The van der Waals surface area contributed by atoms with E-state index in [2.05, 4.69) is 10.6 Å². The Morgan fingerprint density at radius 2 is 1.78 bits per heavy atom. The lowest BCUT2D eigenvalue weighted by atomic mass is 10.0. The van der Waals surface area contributed by atoms with E-state index in [1.54, 1.807) is 6.92 Å². The second-order valence-electron chi connectivity index (χ2n) is 7.03. The summed E-state index contributed by atoms with van der Waals surface area (Å²) in [6.07, 6.45) is 1.55. The highest BCUT2D eigenvalue weighted by Crippen LogP contribution is 2.15. The monoisotopic (exact) mass is 395 g/mol. The lowest BCUT2D eigenvalue weighted by molar-refractivity contribution is -0.128. The molecule has 1 atom stereocenters. The smallest absolute Gasteiger partial charge is 0.243 e. The third-order valence-electron chi connectivity index (χ3n) is 4.81. The van der Waals surface area contributed by atoms with Crippen molar-refractivity contribution >= 4 is 21.8 Å². The summed E-state index contributed by atoms with van der Waals surface area (Å²) in [5.74, 6) is -0.403. The molecule has 1 fully saturated rings. The van der Waals surface area contributed by atoms with Gasteiger partial charge < -0.3 is 10.6 Å². The van der Waals surface area contributed by atoms with Crippen molar-refractivity contribution in [1.82, 2.24) is 14.9 Å². The number of nitrogens with zero attached hydrogens (tertiary/aromatic N) is 1. The number of carbonyl (C=O) groups is 2. The lowest BCUT2D eigenvalue weighted by Gasteiger charge is -2.32. The third-order valence-corrected chi connectivity index (χ3v) is 6.69. The second-order valence-corrected chi connectivity index (χ2v) is 9.28. The highest BCUT2D eigenvalue weighted by Gasteiger charge is 2.29. The van der Waals surface area contributed by atoms with Crippen molar-refractivity contribution in [2.75, 3.05) is 18.8 Å². The Morgan fingerprint density at radius 3 is 2.30 bits per heavy atom. The maximum atomic E-state index is 12.7. The Balaban J connectivity index is 1.96. The molecule has 0 bridgehead atoms. The van der Waals surface area contributed by atoms with Gasteiger partial charge in [0.25, 0.3) is 0 Å². The number of sulfonamides is 1. The maximum Gasteiger partial charge on any atom is 0.243 e. The molecule has 1 aromatic rings. The Kier molecular flexibility index (Phi) is 7.38. The summed E-state index contributed by atoms with van der Waals surface area (Å²) in [4.78, 5) is 24.2. The fourth-order valence-electron chi connectivity index (χ4n) is 3.18. The van der Waals surface area contributed by atoms with Gasteiger partial charge in [-0.2, -0.15) is 0 Å². The normalized spacial score (nSPS) is 17.3. The Labute approximate surface area is 161 Å². The summed E-state index contributed by atoms with van der Waals surface area (Å²) < 4.78 is 25.3. The average molecular weight is 396 g/mol. The number of hydrogen-bond donors (Lipinski definition) is 2. The number of carbonyl (C=O) groups excluding carboxylic acids is 2. The van der Waals surface area contributed by atoms with E-state index in [0.717, 1.165) is 11.1 Å². The highest BCUT2D eigenvalue weighted by atomic mass is 32.2. The zero-order valence-corrected chi connectivity index (χ0v) is 17.0. The van der Waals surface area contributed by atoms with Crippen LogP contribution in [0.4, 0.5) is 0 Å². The van der Waals surface area contributed by atoms with Crippen molar-refractivity contribution in [3.05, 3.63) is 35.4 Å². The fraction of sp³-hybridized carbons (Fsp3) is 0.579. The zero-order valence-electron chi connectivity index (χ0n) is 16.2. The van der Waals surface area contributed by atoms with Gasteiger partial charge in [0.15, 0.2) is 0 Å². The van der Waals surface area contributed by atoms with E-state index in [-0.39, 0.29) is 23.6 Å². The van der Waals surface area contributed by atoms with E-state index in [1.807, 2.05) is 31.2 Å². The van der Waals surface area contributed by atoms with Crippen molar-refractivity contribution in [2.24, 2.45) is 0 Å². The first kappa shape index (κ1) is 21.4. The predicted octanol–water partition coefficient (Wildman–Crippen LogP) is 0.973. The van der Waals surface area contributed by atoms with Crippen molar-refractivity contribution in [3.8, 4) is 0 Å². The number of piperidine rings is 1. The van der Waals surface area contributed by atoms with Gasteiger partial charge >= 0.3 is 0 Å². The van der Waals surface area contributed by atoms with Crippen LogP contribution in [0.15, 0.2) is 24.3 Å². The van der Waals surface area contributed by atoms with Gasteiger partial charge in [-0.3, -0.25) is 9.59 Å². The Bertz CT molecular complexity index is 754. The van der Waals surface area contributed by atoms with Gasteiger partial charge in [-0.15, -0.1) is 0 Å². The minimum absolute atomic E-state index is 0.0879.